The van der Waals surface area contributed by atoms with Crippen molar-refractivity contribution in [3.8, 4) is 11.5 Å². The number of nitrogens with two attached hydrogens (primary N) is 1. The molecule has 2 aromatic carbocycles. The van der Waals surface area contributed by atoms with Gasteiger partial charge in [0.25, 0.3) is 0 Å². The molecule has 2 rings (SSSR count). The summed E-state index contributed by atoms with van der Waals surface area (Å²) in [6.07, 6.45) is -0.404. The van der Waals surface area contributed by atoms with E-state index in [0.717, 1.165) is 0 Å². The molecule has 0 aliphatic carbocycles. The summed E-state index contributed by atoms with van der Waals surface area (Å²) in [4.78, 5) is 60.0. The van der Waals surface area contributed by atoms with Gasteiger partial charge in [-0.05, 0) is 0 Å². The van der Waals surface area contributed by atoms with E-state index in [1.165, 1.54) is 24.4 Å². The van der Waals surface area contributed by atoms with Crippen LogP contribution in [0.3, 0.4) is 0 Å². The Bertz CT molecular complexity index is 1280. The quantitative estimate of drug-likeness (QED) is 0.135. The van der Waals surface area contributed by atoms with Gasteiger partial charge in [0.15, 0.2) is 0 Å². The van der Waals surface area contributed by atoms with Gasteiger partial charge in [0.2, 0.25) is 0 Å². The van der Waals surface area contributed by atoms with E-state index < -0.39 is 62.1 Å². The number of carboxylic acids is 2. The van der Waals surface area contributed by atoms with E-state index in [9.17, 15) is 24.0 Å². The second-order valence-electron chi connectivity index (χ2n) is 8.22. The zero-order valence-electron chi connectivity index (χ0n) is 22.0. The molecule has 0 radical (unpaired) electrons. The summed E-state index contributed by atoms with van der Waals surface area (Å²) in [6.45, 7) is -0.656. The zero-order chi connectivity index (χ0) is 30.5. The third kappa shape index (κ3) is 10.8. The second-order valence-corrected chi connectivity index (χ2v) is 12.8. The average Bonchev–Trinajstić information content (AvgIpc) is 2.93. The molecule has 0 heterocycles. The van der Waals surface area contributed by atoms with Crippen LogP contribution in [0.25, 0.3) is 0 Å². The fraction of sp³-hybridized carbons (Fsp3) is 0.320. The number of amides is 3. The SMILES string of the molecule is COc1ccc(NC(=O)c2cccc(OC)c2[Se]SCC(NC(=O)CCC(N)C(=O)O)C(=O)NCC(=O)O)cc1Cl. The Hall–Kier alpha value is -3.49. The van der Waals surface area contributed by atoms with Crippen LogP contribution in [0.15, 0.2) is 36.4 Å². The predicted octanol–water partition coefficient (Wildman–Crippen LogP) is 0.465. The Balaban J connectivity index is 2.16. The first-order chi connectivity index (χ1) is 19.5. The fourth-order valence-corrected chi connectivity index (χ4v) is 7.94. The van der Waals surface area contributed by atoms with Crippen LogP contribution in [-0.4, -0.2) is 92.3 Å². The Morgan fingerprint density at radius 2 is 1.78 bits per heavy atom. The van der Waals surface area contributed by atoms with Crippen LogP contribution in [0.2, 0.25) is 5.02 Å². The molecule has 0 bridgehead atoms. The van der Waals surface area contributed by atoms with Crippen molar-refractivity contribution in [2.45, 2.75) is 24.9 Å². The van der Waals surface area contributed by atoms with Crippen LogP contribution in [0.1, 0.15) is 23.2 Å². The zero-order valence-corrected chi connectivity index (χ0v) is 25.3. The number of benzene rings is 2. The second kappa shape index (κ2) is 16.7. The number of rotatable bonds is 16. The van der Waals surface area contributed by atoms with Crippen molar-refractivity contribution >= 4 is 75.4 Å². The molecule has 0 aliphatic rings. The van der Waals surface area contributed by atoms with E-state index in [1.807, 2.05) is 0 Å². The maximum atomic E-state index is 13.2. The molecule has 0 spiro atoms. The number of nitrogens with one attached hydrogen (secondary N) is 3. The van der Waals surface area contributed by atoms with Crippen molar-refractivity contribution in [2.24, 2.45) is 5.73 Å². The number of carboxylic acid groups (broad SMARTS) is 2. The molecule has 2 unspecified atom stereocenters. The number of ether oxygens (including phenoxy) is 2. The molecule has 3 amide bonds. The van der Waals surface area contributed by atoms with Crippen molar-refractivity contribution in [3.63, 3.8) is 0 Å². The van der Waals surface area contributed by atoms with Gasteiger partial charge in [-0.1, -0.05) is 0 Å². The van der Waals surface area contributed by atoms with E-state index in [1.54, 1.807) is 36.4 Å². The number of aliphatic carboxylic acids is 2. The molecule has 222 valence electrons. The van der Waals surface area contributed by atoms with Crippen molar-refractivity contribution in [1.29, 1.82) is 0 Å². The van der Waals surface area contributed by atoms with Crippen molar-refractivity contribution in [3.05, 3.63) is 47.0 Å². The normalized spacial score (nSPS) is 12.0. The number of hydrogen-bond donors (Lipinski definition) is 6. The topological polar surface area (TPSA) is 206 Å². The number of carbonyl (C=O) groups is 5. The molecular weight excluding hydrogens is 647 g/mol. The van der Waals surface area contributed by atoms with Crippen LogP contribution >= 0.6 is 21.8 Å². The number of hydrogen-bond acceptors (Lipinski definition) is 9. The molecular formula is C25H29ClN4O9SSe. The van der Waals surface area contributed by atoms with E-state index in [-0.39, 0.29) is 18.6 Å². The molecule has 16 heteroatoms. The molecule has 0 aliphatic heterocycles. The number of carbonyl (C=O) groups excluding carboxylic acids is 3. The van der Waals surface area contributed by atoms with Crippen molar-refractivity contribution in [1.82, 2.24) is 10.6 Å². The Morgan fingerprint density at radius 3 is 2.39 bits per heavy atom. The van der Waals surface area contributed by atoms with Crippen LogP contribution in [-0.2, 0) is 19.2 Å². The predicted molar refractivity (Wildman–Crippen MR) is 154 cm³/mol. The minimum absolute atomic E-state index is 0.0232. The summed E-state index contributed by atoms with van der Waals surface area (Å²) in [5, 5.41) is 25.6. The van der Waals surface area contributed by atoms with Crippen molar-refractivity contribution < 1.29 is 43.7 Å². The molecule has 0 aromatic heterocycles. The van der Waals surface area contributed by atoms with E-state index >= 15 is 0 Å². The van der Waals surface area contributed by atoms with Gasteiger partial charge >= 0.3 is 251 Å². The maximum absolute atomic E-state index is 13.2. The number of halogens is 1. The summed E-state index contributed by atoms with van der Waals surface area (Å²) in [5.74, 6) is -3.41. The average molecular weight is 676 g/mol. The van der Waals surface area contributed by atoms with Gasteiger partial charge in [-0.25, -0.2) is 0 Å². The van der Waals surface area contributed by atoms with Crippen LogP contribution in [0, 0.1) is 0 Å². The van der Waals surface area contributed by atoms with Gasteiger partial charge in [0.05, 0.1) is 0 Å². The molecule has 2 atom stereocenters. The van der Waals surface area contributed by atoms with Crippen LogP contribution < -0.4 is 35.6 Å². The Kier molecular flexibility index (Phi) is 13.7. The van der Waals surface area contributed by atoms with Gasteiger partial charge in [-0.15, -0.1) is 0 Å². The molecule has 7 N–H and O–H groups in total. The van der Waals surface area contributed by atoms with Gasteiger partial charge in [-0.3, -0.25) is 0 Å². The first-order valence-corrected chi connectivity index (χ1v) is 16.1. The first-order valence-electron chi connectivity index (χ1n) is 11.8. The van der Waals surface area contributed by atoms with Gasteiger partial charge in [0, 0.05) is 0 Å². The molecule has 13 nitrogen and oxygen atoms in total. The third-order valence-electron chi connectivity index (χ3n) is 5.30. The monoisotopic (exact) mass is 676 g/mol. The third-order valence-corrected chi connectivity index (χ3v) is 9.88. The first kappa shape index (κ1) is 33.7. The number of anilines is 1. The summed E-state index contributed by atoms with van der Waals surface area (Å²) >= 11 is 5.65. The van der Waals surface area contributed by atoms with E-state index in [0.29, 0.717) is 32.2 Å². The summed E-state index contributed by atoms with van der Waals surface area (Å²) < 4.78 is 11.2. The Labute approximate surface area is 250 Å². The summed E-state index contributed by atoms with van der Waals surface area (Å²) in [7, 11) is 4.17. The molecule has 0 saturated carbocycles. The van der Waals surface area contributed by atoms with Gasteiger partial charge in [0.1, 0.15) is 0 Å². The molecule has 2 aromatic rings. The standard InChI is InChI=1S/C25H29ClN4O9SSe/c1-38-18-8-6-13(10-15(18)26)29-23(34)14-4-3-5-19(39-2)22(14)41-40-12-17(24(35)28-11-21(32)33)30-20(31)9-7-16(27)25(36)37/h3-6,8,10,16-17H,7,9,11-12,27H2,1-2H3,(H,28,35)(H,29,34)(H,30,31)(H,32,33)(H,36,37). The molecule has 41 heavy (non-hydrogen) atoms. The van der Waals surface area contributed by atoms with Crippen molar-refractivity contribution in [2.75, 3.05) is 31.8 Å². The minimum atomic E-state index is -1.27. The van der Waals surface area contributed by atoms with Gasteiger partial charge < -0.3 is 0 Å². The van der Waals surface area contributed by atoms with E-state index in [4.69, 9.17) is 37.0 Å². The fourth-order valence-electron chi connectivity index (χ4n) is 3.19. The van der Waals surface area contributed by atoms with Crippen LogP contribution in [0.5, 0.6) is 11.5 Å². The Morgan fingerprint density at radius 1 is 1.07 bits per heavy atom. The van der Waals surface area contributed by atoms with Crippen LogP contribution in [0.4, 0.5) is 5.69 Å². The molecule has 0 saturated heterocycles. The molecule has 0 fully saturated rings. The summed E-state index contributed by atoms with van der Waals surface area (Å²) in [6, 6.07) is 7.37. The number of methoxy groups -OCH3 is 2. The van der Waals surface area contributed by atoms with E-state index in [2.05, 4.69) is 16.0 Å². The summed E-state index contributed by atoms with van der Waals surface area (Å²) in [5.41, 5.74) is 6.20. The van der Waals surface area contributed by atoms with Gasteiger partial charge in [-0.2, -0.15) is 0 Å².